The summed E-state index contributed by atoms with van der Waals surface area (Å²) in [6.07, 6.45) is 0. The van der Waals surface area contributed by atoms with Gasteiger partial charge in [0, 0.05) is 12.0 Å². The van der Waals surface area contributed by atoms with Crippen molar-refractivity contribution in [3.63, 3.8) is 0 Å². The molecule has 16 heavy (non-hydrogen) atoms. The lowest BCUT2D eigenvalue weighted by Crippen LogP contribution is -2.19. The van der Waals surface area contributed by atoms with E-state index in [1.54, 1.807) is 13.8 Å². The second-order valence-corrected chi connectivity index (χ2v) is 3.79. The smallest absolute Gasteiger partial charge is 0.305 e. The van der Waals surface area contributed by atoms with Gasteiger partial charge in [-0.15, -0.1) is 0 Å². The molecule has 0 atom stereocenters. The minimum atomic E-state index is -0.626. The average Bonchev–Trinajstić information content (AvgIpc) is 2.16. The molecule has 6 nitrogen and oxygen atoms in total. The third-order valence-corrected chi connectivity index (χ3v) is 2.01. The molecule has 0 spiro atoms. The van der Waals surface area contributed by atoms with Crippen LogP contribution in [0.15, 0.2) is 12.1 Å². The summed E-state index contributed by atoms with van der Waals surface area (Å²) in [6, 6.07) is 2.50. The van der Waals surface area contributed by atoms with Gasteiger partial charge in [0.25, 0.3) is 0 Å². The Kier molecular flexibility index (Phi) is 3.78. The molecule has 0 aromatic carbocycles. The number of hydrogen-bond donors (Lipinski definition) is 1. The van der Waals surface area contributed by atoms with Crippen molar-refractivity contribution in [1.82, 2.24) is 4.98 Å². The van der Waals surface area contributed by atoms with E-state index in [0.717, 1.165) is 0 Å². The highest BCUT2D eigenvalue weighted by Gasteiger charge is 2.18. The maximum atomic E-state index is 11.4. The lowest BCUT2D eigenvalue weighted by atomic mass is 10.2. The number of aromatic nitrogens is 1. The van der Waals surface area contributed by atoms with Crippen molar-refractivity contribution in [2.45, 2.75) is 13.8 Å². The van der Waals surface area contributed by atoms with E-state index in [4.69, 9.17) is 11.6 Å². The fourth-order valence-corrected chi connectivity index (χ4v) is 1.08. The average molecular weight is 244 g/mol. The molecule has 0 unspecified atom stereocenters. The number of rotatable bonds is 3. The summed E-state index contributed by atoms with van der Waals surface area (Å²) in [6.45, 7) is 3.34. The first-order chi connectivity index (χ1) is 7.41. The molecular formula is C9H10ClN3O3. The van der Waals surface area contributed by atoms with Crippen LogP contribution in [0.3, 0.4) is 0 Å². The summed E-state index contributed by atoms with van der Waals surface area (Å²) in [5.74, 6) is -0.769. The van der Waals surface area contributed by atoms with Gasteiger partial charge < -0.3 is 5.32 Å². The molecule has 0 bridgehead atoms. The van der Waals surface area contributed by atoms with Crippen LogP contribution in [-0.4, -0.2) is 15.8 Å². The number of nitrogens with zero attached hydrogens (tertiary/aromatic N) is 2. The van der Waals surface area contributed by atoms with E-state index in [1.807, 2.05) is 0 Å². The van der Waals surface area contributed by atoms with Gasteiger partial charge in [-0.25, -0.2) is 4.98 Å². The Bertz CT molecular complexity index is 434. The third-order valence-electron chi connectivity index (χ3n) is 1.80. The van der Waals surface area contributed by atoms with Crippen LogP contribution in [0.5, 0.6) is 0 Å². The van der Waals surface area contributed by atoms with E-state index in [0.29, 0.717) is 0 Å². The highest BCUT2D eigenvalue weighted by Crippen LogP contribution is 2.24. The molecule has 1 heterocycles. The van der Waals surface area contributed by atoms with E-state index in [9.17, 15) is 14.9 Å². The van der Waals surface area contributed by atoms with Crippen LogP contribution in [0.4, 0.5) is 11.5 Å². The zero-order valence-corrected chi connectivity index (χ0v) is 9.49. The fourth-order valence-electron chi connectivity index (χ4n) is 0.928. The molecule has 0 radical (unpaired) electrons. The molecule has 0 saturated heterocycles. The van der Waals surface area contributed by atoms with Crippen LogP contribution in [0.2, 0.25) is 5.15 Å². The van der Waals surface area contributed by atoms with Gasteiger partial charge in [-0.1, -0.05) is 25.4 Å². The number of nitrogens with one attached hydrogen (secondary N) is 1. The van der Waals surface area contributed by atoms with E-state index in [2.05, 4.69) is 10.3 Å². The Morgan fingerprint density at radius 1 is 1.56 bits per heavy atom. The lowest BCUT2D eigenvalue weighted by molar-refractivity contribution is -0.384. The number of nitro groups is 1. The van der Waals surface area contributed by atoms with Crippen molar-refractivity contribution in [3.8, 4) is 0 Å². The monoisotopic (exact) mass is 243 g/mol. The number of anilines is 1. The van der Waals surface area contributed by atoms with Gasteiger partial charge in [0.05, 0.1) is 4.92 Å². The number of hydrogen-bond acceptors (Lipinski definition) is 4. The molecule has 1 N–H and O–H groups in total. The van der Waals surface area contributed by atoms with Crippen molar-refractivity contribution in [1.29, 1.82) is 0 Å². The van der Waals surface area contributed by atoms with Crippen molar-refractivity contribution < 1.29 is 9.72 Å². The number of carbonyl (C=O) groups excluding carboxylic acids is 1. The zero-order valence-electron chi connectivity index (χ0n) is 8.73. The van der Waals surface area contributed by atoms with Crippen LogP contribution < -0.4 is 5.32 Å². The standard InChI is InChI=1S/C9H10ClN3O3/c1-5(2)9(14)12-8-6(13(15)16)3-4-7(10)11-8/h3-5H,1-2H3,(H,11,12,14). The van der Waals surface area contributed by atoms with Gasteiger partial charge in [0.2, 0.25) is 11.7 Å². The number of pyridine rings is 1. The molecule has 1 aromatic rings. The molecule has 1 aromatic heterocycles. The Labute approximate surface area is 96.8 Å². The van der Waals surface area contributed by atoms with Gasteiger partial charge in [-0.05, 0) is 6.07 Å². The van der Waals surface area contributed by atoms with Gasteiger partial charge in [-0.2, -0.15) is 0 Å². The molecule has 86 valence electrons. The maximum absolute atomic E-state index is 11.4. The Morgan fingerprint density at radius 2 is 2.19 bits per heavy atom. The van der Waals surface area contributed by atoms with Crippen LogP contribution in [-0.2, 0) is 4.79 Å². The number of halogens is 1. The summed E-state index contributed by atoms with van der Waals surface area (Å²) in [5.41, 5.74) is -0.279. The predicted molar refractivity (Wildman–Crippen MR) is 59.4 cm³/mol. The summed E-state index contributed by atoms with van der Waals surface area (Å²) < 4.78 is 0. The van der Waals surface area contributed by atoms with Crippen LogP contribution >= 0.6 is 11.6 Å². The first-order valence-corrected chi connectivity index (χ1v) is 4.91. The molecule has 0 aliphatic carbocycles. The largest absolute Gasteiger partial charge is 0.311 e. The Morgan fingerprint density at radius 3 is 2.69 bits per heavy atom. The predicted octanol–water partition coefficient (Wildman–Crippen LogP) is 2.24. The molecule has 0 aliphatic heterocycles. The topological polar surface area (TPSA) is 85.1 Å². The molecule has 0 saturated carbocycles. The van der Waals surface area contributed by atoms with Gasteiger partial charge in [-0.3, -0.25) is 14.9 Å². The minimum absolute atomic E-state index is 0.0876. The molecular weight excluding hydrogens is 234 g/mol. The normalized spacial score (nSPS) is 10.2. The van der Waals surface area contributed by atoms with Crippen molar-refractivity contribution in [2.24, 2.45) is 5.92 Å². The summed E-state index contributed by atoms with van der Waals surface area (Å²) in [5, 5.41) is 13.1. The lowest BCUT2D eigenvalue weighted by Gasteiger charge is -2.07. The molecule has 7 heteroatoms. The summed E-state index contributed by atoms with van der Waals surface area (Å²) in [4.78, 5) is 25.1. The second kappa shape index (κ2) is 4.89. The van der Waals surface area contributed by atoms with E-state index in [-0.39, 0.29) is 28.5 Å². The van der Waals surface area contributed by atoms with Gasteiger partial charge in [0.1, 0.15) is 5.15 Å². The van der Waals surface area contributed by atoms with Gasteiger partial charge in [0.15, 0.2) is 0 Å². The quantitative estimate of drug-likeness (QED) is 0.501. The molecule has 0 fully saturated rings. The highest BCUT2D eigenvalue weighted by molar-refractivity contribution is 6.29. The minimum Gasteiger partial charge on any atom is -0.305 e. The molecule has 1 amide bonds. The summed E-state index contributed by atoms with van der Waals surface area (Å²) in [7, 11) is 0. The fraction of sp³-hybridized carbons (Fsp3) is 0.333. The SMILES string of the molecule is CC(C)C(=O)Nc1nc(Cl)ccc1[N+](=O)[O-]. The van der Waals surface area contributed by atoms with Crippen molar-refractivity contribution in [3.05, 3.63) is 27.4 Å². The molecule has 1 rings (SSSR count). The Hall–Kier alpha value is -1.69. The number of carbonyl (C=O) groups is 1. The summed E-state index contributed by atoms with van der Waals surface area (Å²) >= 11 is 5.60. The highest BCUT2D eigenvalue weighted by atomic mass is 35.5. The van der Waals surface area contributed by atoms with Crippen LogP contribution in [0.25, 0.3) is 0 Å². The maximum Gasteiger partial charge on any atom is 0.311 e. The Balaban J connectivity index is 3.06. The second-order valence-electron chi connectivity index (χ2n) is 3.40. The third kappa shape index (κ3) is 2.90. The number of amides is 1. The first-order valence-electron chi connectivity index (χ1n) is 4.53. The zero-order chi connectivity index (χ0) is 12.3. The van der Waals surface area contributed by atoms with E-state index >= 15 is 0 Å². The first kappa shape index (κ1) is 12.4. The van der Waals surface area contributed by atoms with E-state index in [1.165, 1.54) is 12.1 Å². The van der Waals surface area contributed by atoms with E-state index < -0.39 is 4.92 Å². The van der Waals surface area contributed by atoms with Crippen LogP contribution in [0, 0.1) is 16.0 Å². The van der Waals surface area contributed by atoms with Crippen molar-refractivity contribution in [2.75, 3.05) is 5.32 Å². The van der Waals surface area contributed by atoms with Crippen molar-refractivity contribution >= 4 is 29.0 Å². The van der Waals surface area contributed by atoms with Gasteiger partial charge >= 0.3 is 5.69 Å². The van der Waals surface area contributed by atoms with Crippen LogP contribution in [0.1, 0.15) is 13.8 Å². The molecule has 0 aliphatic rings.